The maximum Gasteiger partial charge on any atom is 0.407 e. The van der Waals surface area contributed by atoms with Gasteiger partial charge in [-0.2, -0.15) is 4.31 Å². The van der Waals surface area contributed by atoms with Crippen molar-refractivity contribution in [3.05, 3.63) is 102 Å². The highest BCUT2D eigenvalue weighted by molar-refractivity contribution is 7.94. The molecule has 7 rings (SSSR count). The maximum absolute atomic E-state index is 16.1. The van der Waals surface area contributed by atoms with Crippen LogP contribution in [0.5, 0.6) is 17.2 Å². The number of hydrogen-bond donors (Lipinski definition) is 2. The standard InChI is InChI=1S/C45H54N8O11S2/c1-45(2,3)64-43(54)46-33-8-7-23-50(27-33)38-21-22-39(65(57,58)37-28-51(29-37)44(55)56)41(40(38)42-47-48-49-53(42)26-32-13-19-36(63-6)20-14-32)66(59,60)52(24-30-9-15-34(61-4)16-10-30)25-31-11-17-35(62-5)18-12-31/h9-22,33,37H,7-8,23-29H2,1-6H3,(H,46,54)(H,55,56). The number of aromatic nitrogens is 4. The topological polar surface area (TPSA) is 225 Å². The van der Waals surface area contributed by atoms with E-state index in [1.165, 1.54) is 35.3 Å². The predicted molar refractivity (Wildman–Crippen MR) is 243 cm³/mol. The van der Waals surface area contributed by atoms with Crippen LogP contribution in [0.1, 0.15) is 50.3 Å². The highest BCUT2D eigenvalue weighted by atomic mass is 32.2. The zero-order valence-corrected chi connectivity index (χ0v) is 39.2. The van der Waals surface area contributed by atoms with Crippen molar-refractivity contribution in [3.63, 3.8) is 0 Å². The first-order valence-corrected chi connectivity index (χ1v) is 24.2. The van der Waals surface area contributed by atoms with Crippen molar-refractivity contribution in [2.24, 2.45) is 0 Å². The Morgan fingerprint density at radius 3 is 1.85 bits per heavy atom. The van der Waals surface area contributed by atoms with Crippen LogP contribution in [0.25, 0.3) is 11.4 Å². The van der Waals surface area contributed by atoms with Gasteiger partial charge in [0.25, 0.3) is 0 Å². The second-order valence-corrected chi connectivity index (χ2v) is 21.1. The molecular formula is C45H54N8O11S2. The van der Waals surface area contributed by atoms with Gasteiger partial charge in [0, 0.05) is 51.0 Å². The van der Waals surface area contributed by atoms with Gasteiger partial charge < -0.3 is 39.2 Å². The molecule has 2 fully saturated rings. The fourth-order valence-corrected chi connectivity index (χ4v) is 12.0. The quantitative estimate of drug-likeness (QED) is 0.126. The number of sulfone groups is 1. The molecular weight excluding hydrogens is 893 g/mol. The second kappa shape index (κ2) is 19.6. The number of tetrazole rings is 1. The van der Waals surface area contributed by atoms with Crippen LogP contribution in [0, 0.1) is 0 Å². The molecule has 0 bridgehead atoms. The van der Waals surface area contributed by atoms with Crippen LogP contribution in [0.15, 0.2) is 94.7 Å². The van der Waals surface area contributed by atoms with Gasteiger partial charge in [0.15, 0.2) is 15.7 Å². The number of rotatable bonds is 16. The molecule has 352 valence electrons. The van der Waals surface area contributed by atoms with E-state index in [-0.39, 0.29) is 50.7 Å². The normalized spacial score (nSPS) is 15.8. The molecule has 2 N–H and O–H groups in total. The number of nitrogens with one attached hydrogen (secondary N) is 1. The third-order valence-electron chi connectivity index (χ3n) is 11.3. The minimum atomic E-state index is -4.94. The number of sulfonamides is 1. The number of piperidine rings is 1. The van der Waals surface area contributed by atoms with Crippen molar-refractivity contribution in [1.29, 1.82) is 0 Å². The molecule has 0 aliphatic carbocycles. The number of alkyl carbamates (subject to hydrolysis) is 1. The van der Waals surface area contributed by atoms with E-state index in [9.17, 15) is 23.1 Å². The molecule has 5 aromatic rings. The van der Waals surface area contributed by atoms with E-state index in [2.05, 4.69) is 20.8 Å². The van der Waals surface area contributed by atoms with Gasteiger partial charge in [0.2, 0.25) is 10.0 Å². The fourth-order valence-electron chi connectivity index (χ4n) is 7.89. The molecule has 2 aliphatic rings. The molecule has 19 nitrogen and oxygen atoms in total. The van der Waals surface area contributed by atoms with Gasteiger partial charge in [0.05, 0.1) is 38.3 Å². The number of amides is 2. The van der Waals surface area contributed by atoms with E-state index >= 15 is 8.42 Å². The molecule has 4 aromatic carbocycles. The molecule has 1 atom stereocenters. The summed E-state index contributed by atoms with van der Waals surface area (Å²) in [6.45, 7) is 4.75. The van der Waals surface area contributed by atoms with Gasteiger partial charge in [-0.15, -0.1) is 5.10 Å². The Morgan fingerprint density at radius 2 is 1.33 bits per heavy atom. The van der Waals surface area contributed by atoms with Gasteiger partial charge in [-0.05, 0) is 109 Å². The van der Waals surface area contributed by atoms with E-state index in [4.69, 9.17) is 18.9 Å². The Bertz CT molecular complexity index is 2690. The number of carbonyl (C=O) groups excluding carboxylic acids is 1. The van der Waals surface area contributed by atoms with Crippen molar-refractivity contribution in [1.82, 2.24) is 34.7 Å². The zero-order chi connectivity index (χ0) is 47.4. The molecule has 66 heavy (non-hydrogen) atoms. The summed E-state index contributed by atoms with van der Waals surface area (Å²) in [6, 6.07) is 23.2. The van der Waals surface area contributed by atoms with Gasteiger partial charge in [-0.3, -0.25) is 0 Å². The van der Waals surface area contributed by atoms with Crippen LogP contribution in [-0.4, -0.2) is 128 Å². The van der Waals surface area contributed by atoms with Crippen molar-refractivity contribution in [3.8, 4) is 28.6 Å². The summed E-state index contributed by atoms with van der Waals surface area (Å²) < 4.78 is 86.5. The zero-order valence-electron chi connectivity index (χ0n) is 37.6. The summed E-state index contributed by atoms with van der Waals surface area (Å²) in [5.41, 5.74) is 1.32. The summed E-state index contributed by atoms with van der Waals surface area (Å²) >= 11 is 0. The lowest BCUT2D eigenvalue weighted by Gasteiger charge is -2.38. The van der Waals surface area contributed by atoms with E-state index in [1.807, 2.05) is 4.90 Å². The van der Waals surface area contributed by atoms with Crippen molar-refractivity contribution >= 4 is 37.7 Å². The average Bonchev–Trinajstić information content (AvgIpc) is 3.72. The lowest BCUT2D eigenvalue weighted by Crippen LogP contribution is -2.56. The monoisotopic (exact) mass is 946 g/mol. The smallest absolute Gasteiger partial charge is 0.407 e. The minimum Gasteiger partial charge on any atom is -0.497 e. The van der Waals surface area contributed by atoms with Crippen LogP contribution in [-0.2, 0) is 44.2 Å². The first-order chi connectivity index (χ1) is 31.4. The molecule has 0 radical (unpaired) electrons. The number of ether oxygens (including phenoxy) is 4. The van der Waals surface area contributed by atoms with Gasteiger partial charge in [0.1, 0.15) is 33.0 Å². The SMILES string of the molecule is COc1ccc(CN(Cc2ccc(OC)cc2)S(=O)(=O)c2c(S(=O)(=O)C3CN(C(=O)O)C3)ccc(N3CCCC(NC(=O)OC(C)(C)C)C3)c2-c2nnnn2Cc2ccc(OC)cc2)cc1. The lowest BCUT2D eigenvalue weighted by atomic mass is 10.0. The third-order valence-corrected chi connectivity index (χ3v) is 15.5. The molecule has 0 spiro atoms. The van der Waals surface area contributed by atoms with Gasteiger partial charge >= 0.3 is 12.2 Å². The summed E-state index contributed by atoms with van der Waals surface area (Å²) in [5.74, 6) is 1.66. The summed E-state index contributed by atoms with van der Waals surface area (Å²) in [4.78, 5) is 26.6. The molecule has 2 saturated heterocycles. The third kappa shape index (κ3) is 10.6. The lowest BCUT2D eigenvalue weighted by molar-refractivity contribution is 0.0499. The Morgan fingerprint density at radius 1 is 0.788 bits per heavy atom. The Hall–Kier alpha value is -6.45. The van der Waals surface area contributed by atoms with E-state index in [0.717, 1.165) is 10.5 Å². The second-order valence-electron chi connectivity index (χ2n) is 17.1. The van der Waals surface area contributed by atoms with Crippen LogP contribution < -0.4 is 24.4 Å². The summed E-state index contributed by atoms with van der Waals surface area (Å²) in [7, 11) is -4.95. The summed E-state index contributed by atoms with van der Waals surface area (Å²) in [6.07, 6.45) is -0.774. The highest BCUT2D eigenvalue weighted by Crippen LogP contribution is 2.44. The number of likely N-dealkylation sites (tertiary alicyclic amines) is 1. The number of carbonyl (C=O) groups is 2. The van der Waals surface area contributed by atoms with Crippen molar-refractivity contribution < 1.29 is 50.5 Å². The van der Waals surface area contributed by atoms with Crippen LogP contribution >= 0.6 is 0 Å². The van der Waals surface area contributed by atoms with E-state index < -0.39 is 58.7 Å². The highest BCUT2D eigenvalue weighted by Gasteiger charge is 2.46. The molecule has 3 heterocycles. The largest absolute Gasteiger partial charge is 0.497 e. The Labute approximate surface area is 384 Å². The number of benzene rings is 4. The molecule has 21 heteroatoms. The van der Waals surface area contributed by atoms with Crippen LogP contribution in [0.4, 0.5) is 15.3 Å². The molecule has 2 amide bonds. The van der Waals surface area contributed by atoms with Crippen molar-refractivity contribution in [2.75, 3.05) is 52.4 Å². The Balaban J connectivity index is 1.46. The first kappa shape index (κ1) is 47.5. The Kier molecular flexibility index (Phi) is 14.1. The number of carboxylic acid groups (broad SMARTS) is 1. The van der Waals surface area contributed by atoms with E-state index in [0.29, 0.717) is 53.4 Å². The molecule has 0 saturated carbocycles. The first-order valence-electron chi connectivity index (χ1n) is 21.2. The van der Waals surface area contributed by atoms with Gasteiger partial charge in [-0.25, -0.2) is 31.1 Å². The van der Waals surface area contributed by atoms with Gasteiger partial charge in [-0.1, -0.05) is 36.4 Å². The fraction of sp³-hybridized carbons (Fsp3) is 0.400. The maximum atomic E-state index is 16.1. The average molecular weight is 947 g/mol. The molecule has 1 unspecified atom stereocenters. The molecule has 2 aliphatic heterocycles. The van der Waals surface area contributed by atoms with Crippen molar-refractivity contribution in [2.45, 2.75) is 79.9 Å². The predicted octanol–water partition coefficient (Wildman–Crippen LogP) is 5.43. The number of anilines is 1. The summed E-state index contributed by atoms with van der Waals surface area (Å²) in [5, 5.41) is 24.1. The number of hydrogen-bond acceptors (Lipinski definition) is 14. The number of methoxy groups -OCH3 is 3. The van der Waals surface area contributed by atoms with Crippen LogP contribution in [0.2, 0.25) is 0 Å². The van der Waals surface area contributed by atoms with Crippen LogP contribution in [0.3, 0.4) is 0 Å². The number of nitrogens with zero attached hydrogens (tertiary/aromatic N) is 7. The van der Waals surface area contributed by atoms with E-state index in [1.54, 1.807) is 101 Å². The molecule has 1 aromatic heterocycles. The minimum absolute atomic E-state index is 0.0443.